The fourth-order valence-corrected chi connectivity index (χ4v) is 3.89. The molecule has 0 unspecified atom stereocenters. The minimum Gasteiger partial charge on any atom is -0.444 e. The number of nitrogens with one attached hydrogen (secondary N) is 1. The van der Waals surface area contributed by atoms with E-state index in [9.17, 15) is 14.4 Å². The van der Waals surface area contributed by atoms with Crippen molar-refractivity contribution in [3.63, 3.8) is 0 Å². The monoisotopic (exact) mass is 495 g/mol. The Labute approximate surface area is 194 Å². The summed E-state index contributed by atoms with van der Waals surface area (Å²) in [4.78, 5) is 42.7. The summed E-state index contributed by atoms with van der Waals surface area (Å²) in [6.07, 6.45) is 2.78. The van der Waals surface area contributed by atoms with E-state index in [-0.39, 0.29) is 30.7 Å². The molecule has 3 aromatic rings. The van der Waals surface area contributed by atoms with Crippen molar-refractivity contribution in [3.8, 4) is 11.5 Å². The molecule has 0 bridgehead atoms. The Hall–Kier alpha value is -3.26. The van der Waals surface area contributed by atoms with E-state index in [2.05, 4.69) is 26.2 Å². The van der Waals surface area contributed by atoms with Gasteiger partial charge in [0.15, 0.2) is 0 Å². The van der Waals surface area contributed by atoms with Crippen LogP contribution in [0.5, 0.6) is 0 Å². The number of aromatic nitrogens is 1. The van der Waals surface area contributed by atoms with Crippen LogP contribution in [-0.2, 0) is 11.2 Å². The van der Waals surface area contributed by atoms with E-state index in [0.717, 1.165) is 15.7 Å². The van der Waals surface area contributed by atoms with Crippen molar-refractivity contribution in [3.05, 3.63) is 75.6 Å². The number of nitrogens with zero attached hydrogens (tertiary/aromatic N) is 2. The quantitative estimate of drug-likeness (QED) is 0.473. The fraction of sp³-hybridized carbons (Fsp3) is 0.250. The minimum absolute atomic E-state index is 0.133. The summed E-state index contributed by atoms with van der Waals surface area (Å²) in [5, 5.41) is 2.84. The van der Waals surface area contributed by atoms with Crippen molar-refractivity contribution in [2.45, 2.75) is 26.2 Å². The maximum atomic E-state index is 12.5. The highest BCUT2D eigenvalue weighted by molar-refractivity contribution is 9.10. The number of oxazole rings is 1. The number of imide groups is 1. The van der Waals surface area contributed by atoms with Gasteiger partial charge in [0, 0.05) is 36.0 Å². The Morgan fingerprint density at radius 3 is 2.62 bits per heavy atom. The third-order valence-corrected chi connectivity index (χ3v) is 5.77. The molecule has 1 aliphatic rings. The van der Waals surface area contributed by atoms with Crippen LogP contribution in [0.25, 0.3) is 11.5 Å². The van der Waals surface area contributed by atoms with Gasteiger partial charge >= 0.3 is 0 Å². The molecular weight excluding hydrogens is 474 g/mol. The molecule has 1 aromatic heterocycles. The standard InChI is InChI=1S/C24H22BrN3O4/c1-15-4-6-16(7-5-15)22-27-18(14-32-22)10-11-26-21(29)3-2-12-28-23(30)19-9-8-17(25)13-20(19)24(28)31/h4-9,13-14H,2-3,10-12H2,1H3,(H,26,29). The topological polar surface area (TPSA) is 92.5 Å². The van der Waals surface area contributed by atoms with Gasteiger partial charge in [0.25, 0.3) is 11.8 Å². The van der Waals surface area contributed by atoms with Crippen molar-refractivity contribution < 1.29 is 18.8 Å². The van der Waals surface area contributed by atoms with Crippen molar-refractivity contribution in [2.75, 3.05) is 13.1 Å². The van der Waals surface area contributed by atoms with Crippen LogP contribution in [0.2, 0.25) is 0 Å². The Kier molecular flexibility index (Phi) is 6.50. The molecule has 164 valence electrons. The van der Waals surface area contributed by atoms with Gasteiger partial charge in [0.1, 0.15) is 6.26 Å². The number of hydrogen-bond acceptors (Lipinski definition) is 5. The first-order valence-electron chi connectivity index (χ1n) is 10.4. The van der Waals surface area contributed by atoms with E-state index in [1.165, 1.54) is 10.5 Å². The lowest BCUT2D eigenvalue weighted by molar-refractivity contribution is -0.121. The molecule has 0 fully saturated rings. The van der Waals surface area contributed by atoms with Crippen LogP contribution in [0.3, 0.4) is 0 Å². The molecule has 0 saturated heterocycles. The van der Waals surface area contributed by atoms with E-state index in [4.69, 9.17) is 4.42 Å². The largest absolute Gasteiger partial charge is 0.444 e. The molecule has 1 aliphatic heterocycles. The van der Waals surface area contributed by atoms with Crippen molar-refractivity contribution in [2.24, 2.45) is 0 Å². The van der Waals surface area contributed by atoms with Gasteiger partial charge in [-0.25, -0.2) is 4.98 Å². The highest BCUT2D eigenvalue weighted by Crippen LogP contribution is 2.26. The molecule has 0 spiro atoms. The lowest BCUT2D eigenvalue weighted by Gasteiger charge is -2.13. The number of rotatable bonds is 8. The van der Waals surface area contributed by atoms with Crippen molar-refractivity contribution in [1.82, 2.24) is 15.2 Å². The molecule has 3 amide bonds. The fourth-order valence-electron chi connectivity index (χ4n) is 3.53. The Balaban J connectivity index is 1.20. The summed E-state index contributed by atoms with van der Waals surface area (Å²) < 4.78 is 6.27. The van der Waals surface area contributed by atoms with E-state index >= 15 is 0 Å². The molecule has 1 N–H and O–H groups in total. The van der Waals surface area contributed by atoms with E-state index < -0.39 is 0 Å². The van der Waals surface area contributed by atoms with Crippen LogP contribution < -0.4 is 5.32 Å². The number of carbonyl (C=O) groups is 3. The number of fused-ring (bicyclic) bond motifs is 1. The van der Waals surface area contributed by atoms with Gasteiger partial charge in [-0.05, 0) is 43.7 Å². The smallest absolute Gasteiger partial charge is 0.261 e. The Bertz CT molecular complexity index is 1170. The average molecular weight is 496 g/mol. The van der Waals surface area contributed by atoms with Crippen LogP contribution in [0.1, 0.15) is 44.8 Å². The van der Waals surface area contributed by atoms with Gasteiger partial charge in [0.2, 0.25) is 11.8 Å². The second-order valence-corrected chi connectivity index (χ2v) is 8.58. The maximum Gasteiger partial charge on any atom is 0.261 e. The number of aryl methyl sites for hydroxylation is 1. The van der Waals surface area contributed by atoms with Gasteiger partial charge in [-0.1, -0.05) is 33.6 Å². The predicted octanol–water partition coefficient (Wildman–Crippen LogP) is 4.15. The van der Waals surface area contributed by atoms with E-state index in [0.29, 0.717) is 36.4 Å². The van der Waals surface area contributed by atoms with E-state index in [1.807, 2.05) is 31.2 Å². The molecule has 0 atom stereocenters. The molecule has 0 saturated carbocycles. The number of hydrogen-bond donors (Lipinski definition) is 1. The summed E-state index contributed by atoms with van der Waals surface area (Å²) in [5.41, 5.74) is 3.63. The average Bonchev–Trinajstić information content (AvgIpc) is 3.33. The zero-order valence-corrected chi connectivity index (χ0v) is 19.1. The van der Waals surface area contributed by atoms with Crippen LogP contribution in [-0.4, -0.2) is 40.7 Å². The first-order valence-corrected chi connectivity index (χ1v) is 11.2. The Morgan fingerprint density at radius 2 is 1.84 bits per heavy atom. The van der Waals surface area contributed by atoms with Crippen LogP contribution in [0, 0.1) is 6.92 Å². The van der Waals surface area contributed by atoms with E-state index in [1.54, 1.807) is 24.5 Å². The summed E-state index contributed by atoms with van der Waals surface area (Å²) in [6.45, 7) is 2.66. The maximum absolute atomic E-state index is 12.5. The first kappa shape index (κ1) is 22.0. The van der Waals surface area contributed by atoms with Gasteiger partial charge < -0.3 is 9.73 Å². The van der Waals surface area contributed by atoms with Gasteiger partial charge in [-0.3, -0.25) is 19.3 Å². The van der Waals surface area contributed by atoms with Crippen molar-refractivity contribution >= 4 is 33.7 Å². The molecule has 0 radical (unpaired) electrons. The van der Waals surface area contributed by atoms with Crippen LogP contribution in [0.4, 0.5) is 0 Å². The SMILES string of the molecule is Cc1ccc(-c2nc(CCNC(=O)CCCN3C(=O)c4ccc(Br)cc4C3=O)co2)cc1. The minimum atomic E-state index is -0.317. The lowest BCUT2D eigenvalue weighted by Crippen LogP contribution is -2.32. The summed E-state index contributed by atoms with van der Waals surface area (Å²) in [7, 11) is 0. The third kappa shape index (κ3) is 4.80. The molecule has 0 aliphatic carbocycles. The van der Waals surface area contributed by atoms with Gasteiger partial charge in [0.05, 0.1) is 16.8 Å². The van der Waals surface area contributed by atoms with Gasteiger partial charge in [-0.2, -0.15) is 0 Å². The third-order valence-electron chi connectivity index (χ3n) is 5.27. The zero-order valence-electron chi connectivity index (χ0n) is 17.6. The summed E-state index contributed by atoms with van der Waals surface area (Å²) in [6, 6.07) is 12.9. The highest BCUT2D eigenvalue weighted by atomic mass is 79.9. The highest BCUT2D eigenvalue weighted by Gasteiger charge is 2.35. The predicted molar refractivity (Wildman–Crippen MR) is 122 cm³/mol. The molecule has 2 aromatic carbocycles. The van der Waals surface area contributed by atoms with Crippen LogP contribution >= 0.6 is 15.9 Å². The second kappa shape index (κ2) is 9.48. The Morgan fingerprint density at radius 1 is 1.09 bits per heavy atom. The molecular formula is C24H22BrN3O4. The summed E-state index contributed by atoms with van der Waals surface area (Å²) in [5.74, 6) is -0.207. The normalized spacial score (nSPS) is 12.9. The number of benzene rings is 2. The molecule has 32 heavy (non-hydrogen) atoms. The summed E-state index contributed by atoms with van der Waals surface area (Å²) >= 11 is 3.32. The second-order valence-electron chi connectivity index (χ2n) is 7.67. The molecule has 7 nitrogen and oxygen atoms in total. The number of halogens is 1. The number of carbonyl (C=O) groups excluding carboxylic acids is 3. The zero-order chi connectivity index (χ0) is 22.7. The lowest BCUT2D eigenvalue weighted by atomic mass is 10.1. The first-order chi connectivity index (χ1) is 15.4. The number of amides is 3. The molecule has 2 heterocycles. The van der Waals surface area contributed by atoms with Gasteiger partial charge in [-0.15, -0.1) is 0 Å². The van der Waals surface area contributed by atoms with Crippen LogP contribution in [0.15, 0.2) is 57.6 Å². The molecule has 4 rings (SSSR count). The van der Waals surface area contributed by atoms with Crippen molar-refractivity contribution in [1.29, 1.82) is 0 Å². The molecule has 8 heteroatoms.